The normalized spacial score (nSPS) is 19.5. The third-order valence-corrected chi connectivity index (χ3v) is 3.11. The number of hydrogen-bond donors (Lipinski definition) is 2. The number of amides is 1. The maximum atomic E-state index is 12.2. The Morgan fingerprint density at radius 3 is 3.12 bits per heavy atom. The van der Waals surface area contributed by atoms with Crippen molar-refractivity contribution in [3.8, 4) is 0 Å². The van der Waals surface area contributed by atoms with Crippen molar-refractivity contribution in [2.24, 2.45) is 0 Å². The molecule has 1 saturated heterocycles. The van der Waals surface area contributed by atoms with Gasteiger partial charge in [0.1, 0.15) is 5.69 Å². The van der Waals surface area contributed by atoms with E-state index in [4.69, 9.17) is 0 Å². The highest BCUT2D eigenvalue weighted by Gasteiger charge is 2.22. The maximum Gasteiger partial charge on any atom is 0.271 e. The minimum atomic E-state index is 0.0538. The molecule has 5 nitrogen and oxygen atoms in total. The highest BCUT2D eigenvalue weighted by atomic mass is 16.2. The van der Waals surface area contributed by atoms with Gasteiger partial charge in [-0.25, -0.2) is 4.98 Å². The van der Waals surface area contributed by atoms with Crippen molar-refractivity contribution in [2.75, 3.05) is 19.6 Å². The molecule has 1 aliphatic rings. The van der Waals surface area contributed by atoms with Gasteiger partial charge >= 0.3 is 0 Å². The second-order valence-corrected chi connectivity index (χ2v) is 4.51. The monoisotopic (exact) mass is 236 g/mol. The topological polar surface area (TPSA) is 61.0 Å². The first kappa shape index (κ1) is 12.1. The smallest absolute Gasteiger partial charge is 0.271 e. The summed E-state index contributed by atoms with van der Waals surface area (Å²) >= 11 is 0. The van der Waals surface area contributed by atoms with Gasteiger partial charge in [-0.3, -0.25) is 4.79 Å². The Morgan fingerprint density at radius 2 is 2.53 bits per heavy atom. The molecule has 1 aromatic rings. The average molecular weight is 236 g/mol. The van der Waals surface area contributed by atoms with E-state index in [2.05, 4.69) is 22.2 Å². The van der Waals surface area contributed by atoms with Crippen molar-refractivity contribution in [2.45, 2.75) is 32.2 Å². The summed E-state index contributed by atoms with van der Waals surface area (Å²) in [5.41, 5.74) is 0.580. The number of H-pyrrole nitrogens is 1. The van der Waals surface area contributed by atoms with Gasteiger partial charge in [-0.1, -0.05) is 6.92 Å². The molecule has 2 N–H and O–H groups in total. The van der Waals surface area contributed by atoms with E-state index in [0.717, 1.165) is 32.5 Å². The van der Waals surface area contributed by atoms with E-state index < -0.39 is 0 Å². The molecule has 1 aromatic heterocycles. The van der Waals surface area contributed by atoms with Gasteiger partial charge in [0.05, 0.1) is 12.5 Å². The zero-order chi connectivity index (χ0) is 12.1. The number of nitrogens with one attached hydrogen (secondary N) is 2. The van der Waals surface area contributed by atoms with Crippen molar-refractivity contribution in [1.29, 1.82) is 0 Å². The zero-order valence-corrected chi connectivity index (χ0v) is 10.3. The minimum Gasteiger partial charge on any atom is -0.341 e. The summed E-state index contributed by atoms with van der Waals surface area (Å²) in [6, 6.07) is 0.452. The van der Waals surface area contributed by atoms with Crippen LogP contribution >= 0.6 is 0 Å². The number of hydrogen-bond acceptors (Lipinski definition) is 3. The third-order valence-electron chi connectivity index (χ3n) is 3.11. The lowest BCUT2D eigenvalue weighted by atomic mass is 10.2. The quantitative estimate of drug-likeness (QED) is 0.802. The fourth-order valence-corrected chi connectivity index (χ4v) is 2.27. The van der Waals surface area contributed by atoms with E-state index in [0.29, 0.717) is 11.7 Å². The van der Waals surface area contributed by atoms with Gasteiger partial charge in [0, 0.05) is 19.1 Å². The number of rotatable bonds is 5. The van der Waals surface area contributed by atoms with Gasteiger partial charge in [0.15, 0.2) is 0 Å². The Labute approximate surface area is 102 Å². The van der Waals surface area contributed by atoms with Gasteiger partial charge in [0.2, 0.25) is 0 Å². The molecule has 17 heavy (non-hydrogen) atoms. The standard InChI is InChI=1S/C12H20N4O/c1-2-6-16(8-10-4-3-5-14-10)12(17)11-7-13-9-15-11/h7,9-10,14H,2-6,8H2,1H3,(H,13,15). The van der Waals surface area contributed by atoms with E-state index >= 15 is 0 Å². The molecule has 2 heterocycles. The minimum absolute atomic E-state index is 0.0538. The van der Waals surface area contributed by atoms with Crippen LogP contribution in [-0.4, -0.2) is 46.5 Å². The van der Waals surface area contributed by atoms with Crippen LogP contribution in [0.2, 0.25) is 0 Å². The second kappa shape index (κ2) is 5.82. The van der Waals surface area contributed by atoms with Crippen LogP contribution in [0.5, 0.6) is 0 Å². The van der Waals surface area contributed by atoms with Crippen LogP contribution in [0, 0.1) is 0 Å². The van der Waals surface area contributed by atoms with E-state index in [1.54, 1.807) is 12.5 Å². The Balaban J connectivity index is 1.98. The summed E-state index contributed by atoms with van der Waals surface area (Å²) in [7, 11) is 0. The number of aromatic nitrogens is 2. The molecular formula is C12H20N4O. The van der Waals surface area contributed by atoms with Crippen LogP contribution in [0.3, 0.4) is 0 Å². The molecule has 1 fully saturated rings. The second-order valence-electron chi connectivity index (χ2n) is 4.51. The van der Waals surface area contributed by atoms with Crippen molar-refractivity contribution in [1.82, 2.24) is 20.2 Å². The van der Waals surface area contributed by atoms with Crippen LogP contribution < -0.4 is 5.32 Å². The van der Waals surface area contributed by atoms with Crippen molar-refractivity contribution >= 4 is 5.91 Å². The molecule has 1 aliphatic heterocycles. The van der Waals surface area contributed by atoms with E-state index in [1.165, 1.54) is 6.42 Å². The molecule has 0 radical (unpaired) electrons. The summed E-state index contributed by atoms with van der Waals surface area (Å²) in [5, 5.41) is 3.43. The molecule has 1 unspecified atom stereocenters. The van der Waals surface area contributed by atoms with Crippen LogP contribution in [0.4, 0.5) is 0 Å². The first-order valence-electron chi connectivity index (χ1n) is 6.32. The van der Waals surface area contributed by atoms with Crippen LogP contribution in [0.25, 0.3) is 0 Å². The lowest BCUT2D eigenvalue weighted by Gasteiger charge is -2.24. The van der Waals surface area contributed by atoms with Gasteiger partial charge < -0.3 is 15.2 Å². The molecule has 0 saturated carbocycles. The van der Waals surface area contributed by atoms with E-state index in [1.807, 2.05) is 4.90 Å². The molecule has 0 aliphatic carbocycles. The lowest BCUT2D eigenvalue weighted by molar-refractivity contribution is 0.0736. The molecular weight excluding hydrogens is 216 g/mol. The van der Waals surface area contributed by atoms with E-state index in [9.17, 15) is 4.79 Å². The average Bonchev–Trinajstić information content (AvgIpc) is 3.00. The predicted molar refractivity (Wildman–Crippen MR) is 65.8 cm³/mol. The summed E-state index contributed by atoms with van der Waals surface area (Å²) in [6.45, 7) is 4.76. The number of nitrogens with zero attached hydrogens (tertiary/aromatic N) is 2. The van der Waals surface area contributed by atoms with Crippen molar-refractivity contribution < 1.29 is 4.79 Å². The third kappa shape index (κ3) is 3.06. The predicted octanol–water partition coefficient (Wildman–Crippen LogP) is 1.01. The SMILES string of the molecule is CCCN(CC1CCCN1)C(=O)c1cnc[nH]1. The molecule has 0 spiro atoms. The highest BCUT2D eigenvalue weighted by molar-refractivity contribution is 5.92. The largest absolute Gasteiger partial charge is 0.341 e. The van der Waals surface area contributed by atoms with Gasteiger partial charge in [-0.05, 0) is 25.8 Å². The van der Waals surface area contributed by atoms with Gasteiger partial charge in [-0.2, -0.15) is 0 Å². The summed E-state index contributed by atoms with van der Waals surface area (Å²) in [5.74, 6) is 0.0538. The van der Waals surface area contributed by atoms with Crippen molar-refractivity contribution in [3.05, 3.63) is 18.2 Å². The molecule has 0 bridgehead atoms. The Hall–Kier alpha value is -1.36. The van der Waals surface area contributed by atoms with Gasteiger partial charge in [-0.15, -0.1) is 0 Å². The van der Waals surface area contributed by atoms with Crippen LogP contribution in [0.1, 0.15) is 36.7 Å². The Bertz CT molecular complexity index is 343. The fourth-order valence-electron chi connectivity index (χ4n) is 2.27. The zero-order valence-electron chi connectivity index (χ0n) is 10.3. The van der Waals surface area contributed by atoms with Crippen LogP contribution in [0.15, 0.2) is 12.5 Å². The Kier molecular flexibility index (Phi) is 4.14. The summed E-state index contributed by atoms with van der Waals surface area (Å²) < 4.78 is 0. The molecule has 1 amide bonds. The molecule has 94 valence electrons. The number of carbonyl (C=O) groups excluding carboxylic acids is 1. The first-order valence-corrected chi connectivity index (χ1v) is 6.32. The van der Waals surface area contributed by atoms with E-state index in [-0.39, 0.29) is 5.91 Å². The molecule has 1 atom stereocenters. The first-order chi connectivity index (χ1) is 8.31. The van der Waals surface area contributed by atoms with Crippen molar-refractivity contribution in [3.63, 3.8) is 0 Å². The van der Waals surface area contributed by atoms with Gasteiger partial charge in [0.25, 0.3) is 5.91 Å². The maximum absolute atomic E-state index is 12.2. The highest BCUT2D eigenvalue weighted by Crippen LogP contribution is 2.09. The lowest BCUT2D eigenvalue weighted by Crippen LogP contribution is -2.41. The molecule has 0 aromatic carbocycles. The number of carbonyl (C=O) groups is 1. The van der Waals surface area contributed by atoms with Crippen LogP contribution in [-0.2, 0) is 0 Å². The summed E-state index contributed by atoms with van der Waals surface area (Å²) in [4.78, 5) is 20.9. The number of imidazole rings is 1. The Morgan fingerprint density at radius 1 is 1.65 bits per heavy atom. The molecule has 5 heteroatoms. The fraction of sp³-hybridized carbons (Fsp3) is 0.667. The summed E-state index contributed by atoms with van der Waals surface area (Å²) in [6.07, 6.45) is 6.49. The number of aromatic amines is 1. The molecule has 2 rings (SSSR count).